The number of nitrogens with one attached hydrogen (secondary N) is 2. The molecule has 2 N–H and O–H groups in total. The van der Waals surface area contributed by atoms with E-state index in [9.17, 15) is 29.8 Å². The first-order valence-corrected chi connectivity index (χ1v) is 17.2. The number of benzene rings is 2. The molecule has 6 atom stereocenters. The lowest BCUT2D eigenvalue weighted by atomic mass is 10.0. The second-order valence-electron chi connectivity index (χ2n) is 9.29. The average molecular weight is 732 g/mol. The molecule has 4 rings (SSSR count). The van der Waals surface area contributed by atoms with Crippen molar-refractivity contribution < 1.29 is 37.5 Å². The van der Waals surface area contributed by atoms with Crippen molar-refractivity contribution in [3.8, 4) is 0 Å². The van der Waals surface area contributed by atoms with Crippen molar-refractivity contribution in [2.45, 2.75) is 34.0 Å². The van der Waals surface area contributed by atoms with Crippen LogP contribution in [-0.2, 0) is 27.7 Å². The Bertz CT molecular complexity index is 1240. The molecule has 2 aromatic rings. The fraction of sp³-hybridized carbons (Fsp3) is 0.417. The molecule has 0 radical (unpaired) electrons. The largest absolute Gasteiger partial charge is 0.346 e. The van der Waals surface area contributed by atoms with E-state index in [1.165, 1.54) is 48.5 Å². The van der Waals surface area contributed by atoms with Gasteiger partial charge in [0.2, 0.25) is 0 Å². The Hall–Kier alpha value is -1.96. The second kappa shape index (κ2) is 16.0. The summed E-state index contributed by atoms with van der Waals surface area (Å²) in [4.78, 5) is 42.9. The minimum absolute atomic E-state index is 0.0524. The van der Waals surface area contributed by atoms with Gasteiger partial charge in [-0.05, 0) is 35.4 Å². The van der Waals surface area contributed by atoms with Gasteiger partial charge in [0.1, 0.15) is 12.2 Å². The van der Waals surface area contributed by atoms with Crippen molar-refractivity contribution in [2.24, 2.45) is 0 Å². The van der Waals surface area contributed by atoms with Crippen molar-refractivity contribution in [1.29, 1.82) is 0 Å². The second-order valence-corrected chi connectivity index (χ2v) is 14.6. The van der Waals surface area contributed by atoms with Crippen LogP contribution in [0.3, 0.4) is 0 Å². The van der Waals surface area contributed by atoms with E-state index in [0.29, 0.717) is 23.5 Å². The number of carbonyl (C=O) groups is 2. The summed E-state index contributed by atoms with van der Waals surface area (Å²) in [6.45, 7) is 0.105. The van der Waals surface area contributed by atoms with E-state index in [4.69, 9.17) is 64.5 Å². The monoisotopic (exact) mass is 730 g/mol. The van der Waals surface area contributed by atoms with Gasteiger partial charge in [-0.25, -0.2) is 0 Å². The molecule has 0 spiro atoms. The summed E-state index contributed by atoms with van der Waals surface area (Å²) in [5.41, 5.74) is 0.928. The van der Waals surface area contributed by atoms with E-state index in [2.05, 4.69) is 10.6 Å². The predicted octanol–water partition coefficient (Wildman–Crippen LogP) is 5.58. The van der Waals surface area contributed by atoms with Gasteiger partial charge in [-0.1, -0.05) is 46.4 Å². The van der Waals surface area contributed by atoms with Gasteiger partial charge in [0.15, 0.2) is 26.4 Å². The highest BCUT2D eigenvalue weighted by Gasteiger charge is 2.39. The van der Waals surface area contributed by atoms with Crippen LogP contribution in [-0.4, -0.2) is 69.0 Å². The summed E-state index contributed by atoms with van der Waals surface area (Å²) in [6, 6.07) is 10.1. The zero-order chi connectivity index (χ0) is 32.0. The zero-order valence-electron chi connectivity index (χ0n) is 22.3. The molecule has 2 fully saturated rings. The van der Waals surface area contributed by atoms with E-state index < -0.39 is 72.4 Å². The van der Waals surface area contributed by atoms with Crippen molar-refractivity contribution in [3.05, 3.63) is 79.9 Å². The Morgan fingerprint density at radius 2 is 1.07 bits per heavy atom. The summed E-state index contributed by atoms with van der Waals surface area (Å²) in [5.74, 6) is -1.30. The number of hydrogen-bond donors (Lipinski definition) is 2. The van der Waals surface area contributed by atoms with Gasteiger partial charge in [0.25, 0.3) is 23.2 Å². The van der Waals surface area contributed by atoms with Crippen molar-refractivity contribution in [1.82, 2.24) is 10.6 Å². The third-order valence-electron chi connectivity index (χ3n) is 6.37. The van der Waals surface area contributed by atoms with Crippen LogP contribution in [0, 0.1) is 20.2 Å². The summed E-state index contributed by atoms with van der Waals surface area (Å²) < 4.78 is 24.3. The molecule has 0 aromatic heterocycles. The molecule has 2 aliphatic heterocycles. The molecule has 14 nitrogen and oxygen atoms in total. The molecule has 20 heteroatoms. The van der Waals surface area contributed by atoms with Crippen LogP contribution in [0.2, 0.25) is 0 Å². The van der Waals surface area contributed by atoms with E-state index in [-0.39, 0.29) is 24.6 Å². The van der Waals surface area contributed by atoms with Crippen LogP contribution in [0.1, 0.15) is 23.3 Å². The molecule has 2 heterocycles. The highest BCUT2D eigenvalue weighted by Crippen LogP contribution is 2.54. The molecule has 0 bridgehead atoms. The Morgan fingerprint density at radius 3 is 1.36 bits per heavy atom. The lowest BCUT2D eigenvalue weighted by Gasteiger charge is -2.38. The number of non-ortho nitro benzene ring substituents is 2. The molecule has 0 aliphatic carbocycles. The SMILES string of the molecule is O=C(N[C@@H]1CO[P@@](CC[P@]2OC[C@@H](NC(=O)C(Cl)Cl)[C@@H](c3ccc([N+](=O)[O-])cc3)O2)O[C@@H]1c1ccc([N+](=O)[O-])cc1)C(Cl)Cl. The van der Waals surface area contributed by atoms with Crippen LogP contribution in [0.4, 0.5) is 11.4 Å². The molecule has 0 saturated carbocycles. The van der Waals surface area contributed by atoms with Crippen LogP contribution in [0.25, 0.3) is 0 Å². The van der Waals surface area contributed by atoms with Crippen LogP contribution in [0.15, 0.2) is 48.5 Å². The van der Waals surface area contributed by atoms with E-state index in [1.807, 2.05) is 0 Å². The van der Waals surface area contributed by atoms with Gasteiger partial charge in [0.05, 0.1) is 35.1 Å². The van der Waals surface area contributed by atoms with Gasteiger partial charge in [-0.15, -0.1) is 0 Å². The molecular formula is C24H24Cl4N4O10P2. The first-order valence-electron chi connectivity index (χ1n) is 12.7. The smallest absolute Gasteiger partial charge is 0.269 e. The van der Waals surface area contributed by atoms with Crippen molar-refractivity contribution in [2.75, 3.05) is 25.5 Å². The van der Waals surface area contributed by atoms with Crippen LogP contribution < -0.4 is 10.6 Å². The maximum Gasteiger partial charge on any atom is 0.269 e. The number of amides is 2. The number of hydrogen-bond acceptors (Lipinski definition) is 10. The minimum atomic E-state index is -1.53. The normalized spacial score (nSPS) is 25.4. The number of halogens is 4. The van der Waals surface area contributed by atoms with Crippen LogP contribution >= 0.6 is 63.2 Å². The van der Waals surface area contributed by atoms with Gasteiger partial charge in [-0.3, -0.25) is 29.8 Å². The number of alkyl halides is 4. The highest BCUT2D eigenvalue weighted by atomic mass is 35.5. The number of nitro groups is 2. The van der Waals surface area contributed by atoms with Gasteiger partial charge in [0, 0.05) is 36.6 Å². The molecule has 2 aliphatic rings. The molecule has 2 saturated heterocycles. The molecule has 238 valence electrons. The standard InChI is InChI=1S/C24H24Cl4N4O10P2/c25-21(26)23(33)29-17-11-39-43(41-19(17)13-1-5-15(6-2-13)31(35)36)9-10-44-40-12-18(30-24(34)22(27)28)20(42-44)14-3-7-16(8-4-14)32(37)38/h1-8,17-22H,9-12H2,(H,29,33)(H,30,34)/t17-,18-,19-,20-,43-,44-/m1/s1. The molecule has 44 heavy (non-hydrogen) atoms. The summed E-state index contributed by atoms with van der Waals surface area (Å²) >= 11 is 22.8. The third kappa shape index (κ3) is 9.29. The van der Waals surface area contributed by atoms with E-state index in [1.54, 1.807) is 0 Å². The Labute approximate surface area is 273 Å². The Morgan fingerprint density at radius 1 is 0.727 bits per heavy atom. The summed E-state index contributed by atoms with van der Waals surface area (Å²) in [7, 11) is -3.07. The lowest BCUT2D eigenvalue weighted by molar-refractivity contribution is -0.385. The maximum absolute atomic E-state index is 12.2. The van der Waals surface area contributed by atoms with E-state index in [0.717, 1.165) is 0 Å². The predicted molar refractivity (Wildman–Crippen MR) is 164 cm³/mol. The molecule has 2 aromatic carbocycles. The average Bonchev–Trinajstić information content (AvgIpc) is 3.01. The molecule has 0 unspecified atom stereocenters. The number of nitro benzene ring substituents is 2. The van der Waals surface area contributed by atoms with E-state index >= 15 is 0 Å². The zero-order valence-corrected chi connectivity index (χ0v) is 27.1. The number of carbonyl (C=O) groups excluding carboxylic acids is 2. The Balaban J connectivity index is 1.44. The molecule has 2 amide bonds. The topological polar surface area (TPSA) is 181 Å². The number of rotatable bonds is 11. The minimum Gasteiger partial charge on any atom is -0.346 e. The highest BCUT2D eigenvalue weighted by molar-refractivity contribution is 7.51. The third-order valence-corrected chi connectivity index (χ3v) is 10.5. The van der Waals surface area contributed by atoms with Crippen molar-refractivity contribution in [3.63, 3.8) is 0 Å². The lowest BCUT2D eigenvalue weighted by Crippen LogP contribution is -2.47. The first-order chi connectivity index (χ1) is 20.9. The number of nitrogens with zero attached hydrogens (tertiary/aromatic N) is 2. The van der Waals surface area contributed by atoms with Gasteiger partial charge >= 0.3 is 0 Å². The maximum atomic E-state index is 12.2. The van der Waals surface area contributed by atoms with Crippen LogP contribution in [0.5, 0.6) is 0 Å². The quantitative estimate of drug-likeness (QED) is 0.128. The van der Waals surface area contributed by atoms with Gasteiger partial charge < -0.3 is 28.7 Å². The summed E-state index contributed by atoms with van der Waals surface area (Å²) in [5, 5.41) is 27.6. The summed E-state index contributed by atoms with van der Waals surface area (Å²) in [6.07, 6.45) is -0.735. The Kier molecular flexibility index (Phi) is 12.7. The van der Waals surface area contributed by atoms with Gasteiger partial charge in [-0.2, -0.15) is 0 Å². The van der Waals surface area contributed by atoms with Crippen molar-refractivity contribution >= 4 is 86.3 Å². The fourth-order valence-electron chi connectivity index (χ4n) is 4.24. The molecular weight excluding hydrogens is 708 g/mol. The first kappa shape index (κ1) is 34.9. The fourth-order valence-corrected chi connectivity index (χ4v) is 8.09.